The van der Waals surface area contributed by atoms with Crippen LogP contribution in [0.1, 0.15) is 27.3 Å². The van der Waals surface area contributed by atoms with Crippen LogP contribution in [0.25, 0.3) is 17.3 Å². The molecule has 9 heteroatoms. The molecular weight excluding hydrogens is 423 g/mol. The van der Waals surface area contributed by atoms with Crippen molar-refractivity contribution in [1.82, 2.24) is 15.4 Å². The monoisotopic (exact) mass is 440 g/mol. The normalized spacial score (nSPS) is 10.8. The lowest BCUT2D eigenvalue weighted by Gasteiger charge is -2.11. The first kappa shape index (κ1) is 22.1. The molecule has 0 atom stereocenters. The quantitative estimate of drug-likeness (QED) is 0.300. The highest BCUT2D eigenvalue weighted by Crippen LogP contribution is 2.30. The highest BCUT2D eigenvalue weighted by molar-refractivity contribution is 6.33. The standard InChI is InChI=1S/C22H18ClFN4O3/c1-13-17(6-4-16(11-24)26-13)22(30)27-15-5-7-19(23)18(10-15)20-8-2-14(12-25-20)3-9-21(29)28-31/h2-10,12,31H,11H2,1H3,(H,27,30)(H,28,29)/b9-3+. The first-order valence-corrected chi connectivity index (χ1v) is 9.51. The van der Waals surface area contributed by atoms with Gasteiger partial charge in [0.2, 0.25) is 0 Å². The molecule has 2 heterocycles. The van der Waals surface area contributed by atoms with Gasteiger partial charge in [-0.05, 0) is 55.0 Å². The number of aromatic nitrogens is 2. The van der Waals surface area contributed by atoms with Gasteiger partial charge in [-0.1, -0.05) is 17.7 Å². The van der Waals surface area contributed by atoms with E-state index >= 15 is 0 Å². The van der Waals surface area contributed by atoms with Crippen molar-refractivity contribution >= 4 is 35.2 Å². The lowest BCUT2D eigenvalue weighted by molar-refractivity contribution is -0.124. The minimum absolute atomic E-state index is 0.268. The highest BCUT2D eigenvalue weighted by atomic mass is 35.5. The van der Waals surface area contributed by atoms with Gasteiger partial charge >= 0.3 is 0 Å². The molecule has 0 aliphatic carbocycles. The molecular formula is C22H18ClFN4O3. The second-order valence-electron chi connectivity index (χ2n) is 6.50. The molecule has 0 aliphatic heterocycles. The zero-order valence-electron chi connectivity index (χ0n) is 16.4. The van der Waals surface area contributed by atoms with Crippen molar-refractivity contribution in [1.29, 1.82) is 0 Å². The molecule has 31 heavy (non-hydrogen) atoms. The van der Waals surface area contributed by atoms with Gasteiger partial charge in [0.1, 0.15) is 6.67 Å². The van der Waals surface area contributed by atoms with Crippen molar-refractivity contribution in [2.45, 2.75) is 13.6 Å². The van der Waals surface area contributed by atoms with E-state index in [1.54, 1.807) is 43.5 Å². The van der Waals surface area contributed by atoms with Crippen molar-refractivity contribution in [2.75, 3.05) is 5.32 Å². The summed E-state index contributed by atoms with van der Waals surface area (Å²) in [6.45, 7) is 0.949. The number of nitrogens with one attached hydrogen (secondary N) is 2. The second kappa shape index (κ2) is 9.92. The van der Waals surface area contributed by atoms with E-state index in [0.717, 1.165) is 6.08 Å². The number of hydrogen-bond acceptors (Lipinski definition) is 5. The summed E-state index contributed by atoms with van der Waals surface area (Å²) in [5.74, 6) is -1.03. The van der Waals surface area contributed by atoms with Gasteiger partial charge in [0.05, 0.1) is 27.7 Å². The number of carbonyl (C=O) groups excluding carboxylic acids is 2. The molecule has 7 nitrogen and oxygen atoms in total. The average molecular weight is 441 g/mol. The summed E-state index contributed by atoms with van der Waals surface area (Å²) in [7, 11) is 0. The molecule has 3 rings (SSSR count). The van der Waals surface area contributed by atoms with Gasteiger partial charge in [-0.15, -0.1) is 0 Å². The molecule has 0 aliphatic rings. The number of pyridine rings is 2. The number of hydroxylamine groups is 1. The molecule has 0 bridgehead atoms. The van der Waals surface area contributed by atoms with Gasteiger partial charge in [-0.3, -0.25) is 24.8 Å². The predicted octanol–water partition coefficient (Wildman–Crippen LogP) is 4.35. The van der Waals surface area contributed by atoms with Crippen LogP contribution in [0.2, 0.25) is 5.02 Å². The smallest absolute Gasteiger partial charge is 0.267 e. The summed E-state index contributed by atoms with van der Waals surface area (Å²) >= 11 is 6.31. The van der Waals surface area contributed by atoms with E-state index in [4.69, 9.17) is 16.8 Å². The molecule has 0 saturated carbocycles. The number of benzene rings is 1. The van der Waals surface area contributed by atoms with E-state index in [2.05, 4.69) is 15.3 Å². The number of nitrogens with zero attached hydrogens (tertiary/aromatic N) is 2. The van der Waals surface area contributed by atoms with Crippen LogP contribution in [-0.4, -0.2) is 27.0 Å². The topological polar surface area (TPSA) is 104 Å². The Bertz CT molecular complexity index is 1150. The summed E-state index contributed by atoms with van der Waals surface area (Å²) in [6, 6.07) is 11.4. The van der Waals surface area contributed by atoms with Crippen molar-refractivity contribution in [2.24, 2.45) is 0 Å². The van der Waals surface area contributed by atoms with E-state index in [1.807, 2.05) is 0 Å². The van der Waals surface area contributed by atoms with Gasteiger partial charge in [-0.25, -0.2) is 9.87 Å². The number of halogens is 2. The van der Waals surface area contributed by atoms with Crippen molar-refractivity contribution in [3.8, 4) is 11.3 Å². The SMILES string of the molecule is Cc1nc(CF)ccc1C(=O)Nc1ccc(Cl)c(-c2ccc(/C=C/C(=O)NO)cn2)c1. The predicted molar refractivity (Wildman–Crippen MR) is 115 cm³/mol. The lowest BCUT2D eigenvalue weighted by Crippen LogP contribution is -2.14. The summed E-state index contributed by atoms with van der Waals surface area (Å²) in [6.07, 6.45) is 4.20. The van der Waals surface area contributed by atoms with Gasteiger partial charge in [0, 0.05) is 23.5 Å². The van der Waals surface area contributed by atoms with Crippen LogP contribution >= 0.6 is 11.6 Å². The second-order valence-corrected chi connectivity index (χ2v) is 6.91. The number of carbonyl (C=O) groups is 2. The molecule has 0 fully saturated rings. The third-order valence-corrected chi connectivity index (χ3v) is 4.68. The fraction of sp³-hybridized carbons (Fsp3) is 0.0909. The maximum atomic E-state index is 12.7. The Morgan fingerprint density at radius 3 is 2.65 bits per heavy atom. The number of hydrogen-bond donors (Lipinski definition) is 3. The Kier molecular flexibility index (Phi) is 7.07. The first-order valence-electron chi connectivity index (χ1n) is 9.13. The van der Waals surface area contributed by atoms with Crippen LogP contribution in [-0.2, 0) is 11.5 Å². The van der Waals surface area contributed by atoms with Gasteiger partial charge in [-0.2, -0.15) is 0 Å². The number of amides is 2. The third kappa shape index (κ3) is 5.50. The van der Waals surface area contributed by atoms with E-state index in [9.17, 15) is 14.0 Å². The van der Waals surface area contributed by atoms with E-state index in [1.165, 1.54) is 23.7 Å². The van der Waals surface area contributed by atoms with Crippen LogP contribution in [0.4, 0.5) is 10.1 Å². The summed E-state index contributed by atoms with van der Waals surface area (Å²) < 4.78 is 12.7. The molecule has 2 amide bonds. The Morgan fingerprint density at radius 2 is 2.00 bits per heavy atom. The lowest BCUT2D eigenvalue weighted by atomic mass is 10.1. The average Bonchev–Trinajstić information content (AvgIpc) is 2.78. The van der Waals surface area contributed by atoms with Gasteiger partial charge in [0.15, 0.2) is 0 Å². The Hall–Kier alpha value is -3.62. The maximum Gasteiger partial charge on any atom is 0.267 e. The van der Waals surface area contributed by atoms with Crippen LogP contribution < -0.4 is 10.8 Å². The van der Waals surface area contributed by atoms with E-state index < -0.39 is 12.6 Å². The van der Waals surface area contributed by atoms with Crippen LogP contribution in [0.3, 0.4) is 0 Å². The minimum Gasteiger partial charge on any atom is -0.322 e. The molecule has 3 N–H and O–H groups in total. The first-order chi connectivity index (χ1) is 14.9. The fourth-order valence-corrected chi connectivity index (χ4v) is 3.01. The van der Waals surface area contributed by atoms with Crippen molar-refractivity contribution < 1.29 is 19.2 Å². The van der Waals surface area contributed by atoms with Crippen molar-refractivity contribution in [3.05, 3.63) is 82.3 Å². The molecule has 0 unspecified atom stereocenters. The molecule has 3 aromatic rings. The summed E-state index contributed by atoms with van der Waals surface area (Å²) in [4.78, 5) is 32.1. The van der Waals surface area contributed by atoms with Crippen LogP contribution in [0.15, 0.2) is 54.7 Å². The zero-order chi connectivity index (χ0) is 22.4. The molecule has 0 radical (unpaired) electrons. The van der Waals surface area contributed by atoms with E-state index in [0.29, 0.717) is 38.8 Å². The summed E-state index contributed by atoms with van der Waals surface area (Å²) in [5, 5.41) is 11.7. The largest absolute Gasteiger partial charge is 0.322 e. The molecule has 2 aromatic heterocycles. The number of alkyl halides is 1. The molecule has 0 spiro atoms. The zero-order valence-corrected chi connectivity index (χ0v) is 17.2. The molecule has 0 saturated heterocycles. The van der Waals surface area contributed by atoms with Crippen LogP contribution in [0.5, 0.6) is 0 Å². The number of rotatable bonds is 6. The van der Waals surface area contributed by atoms with Crippen LogP contribution in [0, 0.1) is 6.92 Å². The fourth-order valence-electron chi connectivity index (χ4n) is 2.80. The summed E-state index contributed by atoms with van der Waals surface area (Å²) in [5.41, 5.74) is 4.86. The Labute approximate surface area is 182 Å². The molecule has 1 aromatic carbocycles. The Balaban J connectivity index is 1.81. The van der Waals surface area contributed by atoms with Crippen molar-refractivity contribution in [3.63, 3.8) is 0 Å². The van der Waals surface area contributed by atoms with E-state index in [-0.39, 0.29) is 11.6 Å². The Morgan fingerprint density at radius 1 is 1.19 bits per heavy atom. The maximum absolute atomic E-state index is 12.7. The highest BCUT2D eigenvalue weighted by Gasteiger charge is 2.13. The number of anilines is 1. The molecule has 158 valence electrons. The van der Waals surface area contributed by atoms with Gasteiger partial charge in [0.25, 0.3) is 11.8 Å². The van der Waals surface area contributed by atoms with Gasteiger partial charge < -0.3 is 5.32 Å². The number of aryl methyl sites for hydroxylation is 1. The minimum atomic E-state index is -0.695. The third-order valence-electron chi connectivity index (χ3n) is 4.35.